The zero-order valence-corrected chi connectivity index (χ0v) is 13.9. The summed E-state index contributed by atoms with van der Waals surface area (Å²) in [7, 11) is 0. The normalized spacial score (nSPS) is 14.2. The molecule has 120 valence electrons. The summed E-state index contributed by atoms with van der Waals surface area (Å²) in [5.74, 6) is 0.108. The first-order chi connectivity index (χ1) is 9.88. The largest absolute Gasteiger partial charge is 0.393 e. The van der Waals surface area contributed by atoms with E-state index in [1.807, 2.05) is 24.6 Å². The highest BCUT2D eigenvalue weighted by molar-refractivity contribution is 5.92. The third-order valence-electron chi connectivity index (χ3n) is 3.80. The van der Waals surface area contributed by atoms with Crippen molar-refractivity contribution >= 4 is 5.91 Å². The fraction of sp³-hybridized carbons (Fsp3) is 0.750. The number of hydrogen-bond acceptors (Lipinski definition) is 3. The molecule has 1 amide bonds. The van der Waals surface area contributed by atoms with Crippen molar-refractivity contribution in [2.75, 3.05) is 6.54 Å². The van der Waals surface area contributed by atoms with Crippen LogP contribution in [0.5, 0.6) is 0 Å². The van der Waals surface area contributed by atoms with Crippen LogP contribution in [0.1, 0.15) is 69.2 Å². The van der Waals surface area contributed by atoms with Crippen molar-refractivity contribution < 1.29 is 9.90 Å². The van der Waals surface area contributed by atoms with E-state index in [1.54, 1.807) is 6.92 Å². The molecule has 2 N–H and O–H groups in total. The number of nitrogens with one attached hydrogen (secondary N) is 1. The summed E-state index contributed by atoms with van der Waals surface area (Å²) in [6, 6.07) is 2.19. The summed E-state index contributed by atoms with van der Waals surface area (Å²) in [4.78, 5) is 12.2. The predicted octanol–water partition coefficient (Wildman–Crippen LogP) is 2.69. The maximum atomic E-state index is 12.2. The molecule has 5 heteroatoms. The molecule has 0 bridgehead atoms. The molecule has 0 radical (unpaired) electrons. The molecule has 0 aliphatic rings. The molecule has 0 fully saturated rings. The van der Waals surface area contributed by atoms with Crippen LogP contribution in [-0.4, -0.2) is 33.4 Å². The Morgan fingerprint density at radius 1 is 1.38 bits per heavy atom. The SMILES string of the molecule is CCC(CC)n1nc(C(=O)NCC(C)CC(C)O)cc1C. The fourth-order valence-corrected chi connectivity index (χ4v) is 2.63. The molecule has 0 aliphatic heterocycles. The number of aromatic nitrogens is 2. The van der Waals surface area contributed by atoms with Gasteiger partial charge in [-0.3, -0.25) is 9.48 Å². The van der Waals surface area contributed by atoms with E-state index in [0.717, 1.165) is 18.5 Å². The van der Waals surface area contributed by atoms with Crippen LogP contribution in [0.15, 0.2) is 6.07 Å². The Morgan fingerprint density at radius 3 is 2.52 bits per heavy atom. The minimum Gasteiger partial charge on any atom is -0.393 e. The fourth-order valence-electron chi connectivity index (χ4n) is 2.63. The van der Waals surface area contributed by atoms with Gasteiger partial charge in [-0.05, 0) is 45.1 Å². The molecule has 1 rings (SSSR count). The predicted molar refractivity (Wildman–Crippen MR) is 84.4 cm³/mol. The summed E-state index contributed by atoms with van der Waals surface area (Å²) >= 11 is 0. The van der Waals surface area contributed by atoms with E-state index in [2.05, 4.69) is 24.3 Å². The van der Waals surface area contributed by atoms with Crippen LogP contribution in [0.2, 0.25) is 0 Å². The molecular weight excluding hydrogens is 266 g/mol. The van der Waals surface area contributed by atoms with Gasteiger partial charge in [0, 0.05) is 12.2 Å². The van der Waals surface area contributed by atoms with Crippen LogP contribution in [0.25, 0.3) is 0 Å². The number of carbonyl (C=O) groups is 1. The van der Waals surface area contributed by atoms with E-state index in [4.69, 9.17) is 0 Å². The first kappa shape index (κ1) is 17.7. The molecule has 2 atom stereocenters. The Hall–Kier alpha value is -1.36. The van der Waals surface area contributed by atoms with Gasteiger partial charge in [0.05, 0.1) is 12.1 Å². The van der Waals surface area contributed by atoms with Gasteiger partial charge in [0.1, 0.15) is 5.69 Å². The van der Waals surface area contributed by atoms with Crippen molar-refractivity contribution in [3.63, 3.8) is 0 Å². The van der Waals surface area contributed by atoms with Gasteiger partial charge >= 0.3 is 0 Å². The Balaban J connectivity index is 2.65. The Kier molecular flexibility index (Phi) is 6.89. The average Bonchev–Trinajstić information content (AvgIpc) is 2.79. The lowest BCUT2D eigenvalue weighted by Crippen LogP contribution is -2.30. The number of aliphatic hydroxyl groups excluding tert-OH is 1. The minimum atomic E-state index is -0.340. The Morgan fingerprint density at radius 2 is 2.00 bits per heavy atom. The van der Waals surface area contributed by atoms with Crippen LogP contribution in [-0.2, 0) is 0 Å². The third kappa shape index (κ3) is 5.16. The van der Waals surface area contributed by atoms with Gasteiger partial charge in [-0.15, -0.1) is 0 Å². The molecule has 0 saturated heterocycles. The second-order valence-electron chi connectivity index (χ2n) is 5.99. The van der Waals surface area contributed by atoms with Crippen LogP contribution in [0.3, 0.4) is 0 Å². The lowest BCUT2D eigenvalue weighted by atomic mass is 10.0. The number of aryl methyl sites for hydroxylation is 1. The standard InChI is InChI=1S/C16H29N3O2/c1-6-14(7-2)19-12(4)9-15(18-19)16(21)17-10-11(3)8-13(5)20/h9,11,13-14,20H,6-8,10H2,1-5H3,(H,17,21). The number of rotatable bonds is 8. The first-order valence-corrected chi connectivity index (χ1v) is 7.91. The second-order valence-corrected chi connectivity index (χ2v) is 5.99. The average molecular weight is 295 g/mol. The topological polar surface area (TPSA) is 67.2 Å². The maximum Gasteiger partial charge on any atom is 0.271 e. The Labute approximate surface area is 127 Å². The molecule has 2 unspecified atom stereocenters. The number of aliphatic hydroxyl groups is 1. The zero-order chi connectivity index (χ0) is 16.0. The molecule has 0 aromatic carbocycles. The highest BCUT2D eigenvalue weighted by Crippen LogP contribution is 2.18. The highest BCUT2D eigenvalue weighted by atomic mass is 16.3. The van der Waals surface area contributed by atoms with Crippen molar-refractivity contribution in [2.45, 2.75) is 66.0 Å². The molecule has 21 heavy (non-hydrogen) atoms. The molecular formula is C16H29N3O2. The quantitative estimate of drug-likeness (QED) is 0.775. The summed E-state index contributed by atoms with van der Waals surface area (Å²) in [6.45, 7) is 10.6. The van der Waals surface area contributed by atoms with Gasteiger partial charge in [-0.1, -0.05) is 20.8 Å². The van der Waals surface area contributed by atoms with Gasteiger partial charge in [0.25, 0.3) is 5.91 Å². The van der Waals surface area contributed by atoms with Crippen molar-refractivity contribution in [3.8, 4) is 0 Å². The smallest absolute Gasteiger partial charge is 0.271 e. The van der Waals surface area contributed by atoms with Crippen LogP contribution >= 0.6 is 0 Å². The van der Waals surface area contributed by atoms with Crippen molar-refractivity contribution in [1.82, 2.24) is 15.1 Å². The van der Waals surface area contributed by atoms with Crippen LogP contribution in [0, 0.1) is 12.8 Å². The number of hydrogen-bond donors (Lipinski definition) is 2. The third-order valence-corrected chi connectivity index (χ3v) is 3.80. The number of amides is 1. The number of carbonyl (C=O) groups excluding carboxylic acids is 1. The maximum absolute atomic E-state index is 12.2. The van der Waals surface area contributed by atoms with Gasteiger partial charge in [-0.25, -0.2) is 0 Å². The first-order valence-electron chi connectivity index (χ1n) is 7.91. The molecule has 1 heterocycles. The highest BCUT2D eigenvalue weighted by Gasteiger charge is 2.17. The van der Waals surface area contributed by atoms with E-state index in [-0.39, 0.29) is 17.9 Å². The van der Waals surface area contributed by atoms with Crippen molar-refractivity contribution in [2.24, 2.45) is 5.92 Å². The summed E-state index contributed by atoms with van der Waals surface area (Å²) < 4.78 is 1.95. The van der Waals surface area contributed by atoms with Crippen LogP contribution in [0.4, 0.5) is 0 Å². The molecule has 1 aromatic heterocycles. The van der Waals surface area contributed by atoms with E-state index >= 15 is 0 Å². The van der Waals surface area contributed by atoms with Crippen molar-refractivity contribution in [3.05, 3.63) is 17.5 Å². The van der Waals surface area contributed by atoms with Crippen molar-refractivity contribution in [1.29, 1.82) is 0 Å². The molecule has 1 aromatic rings. The summed E-state index contributed by atoms with van der Waals surface area (Å²) in [5, 5.41) is 16.7. The zero-order valence-electron chi connectivity index (χ0n) is 13.9. The van der Waals surface area contributed by atoms with E-state index in [1.165, 1.54) is 0 Å². The van der Waals surface area contributed by atoms with Gasteiger partial charge in [0.15, 0.2) is 0 Å². The summed E-state index contributed by atoms with van der Waals surface area (Å²) in [6.07, 6.45) is 2.35. The monoisotopic (exact) mass is 295 g/mol. The van der Waals surface area contributed by atoms with E-state index < -0.39 is 0 Å². The summed E-state index contributed by atoms with van der Waals surface area (Å²) in [5.41, 5.74) is 1.49. The van der Waals surface area contributed by atoms with E-state index in [9.17, 15) is 9.90 Å². The van der Waals surface area contributed by atoms with Gasteiger partial charge in [-0.2, -0.15) is 5.10 Å². The van der Waals surface area contributed by atoms with Gasteiger partial charge in [0.2, 0.25) is 0 Å². The molecule has 0 aliphatic carbocycles. The molecule has 0 spiro atoms. The van der Waals surface area contributed by atoms with E-state index in [0.29, 0.717) is 24.7 Å². The number of nitrogens with zero attached hydrogens (tertiary/aromatic N) is 2. The lowest BCUT2D eigenvalue weighted by Gasteiger charge is -2.15. The molecule has 0 saturated carbocycles. The lowest BCUT2D eigenvalue weighted by molar-refractivity contribution is 0.0933. The Bertz CT molecular complexity index is 450. The van der Waals surface area contributed by atoms with Crippen LogP contribution < -0.4 is 5.32 Å². The molecule has 5 nitrogen and oxygen atoms in total. The second kappa shape index (κ2) is 8.17. The minimum absolute atomic E-state index is 0.139. The van der Waals surface area contributed by atoms with Gasteiger partial charge < -0.3 is 10.4 Å².